The number of alkyl carbamates (subject to hydrolysis) is 1. The van der Waals surface area contributed by atoms with E-state index in [0.717, 1.165) is 24.1 Å². The van der Waals surface area contributed by atoms with Crippen molar-refractivity contribution in [2.45, 2.75) is 31.5 Å². The number of halogens is 2. The standard InChI is InChI=1S/C18H18Cl2N2O2/c19-13-6-7-16(20)17(8-13)21-14-9-15(10-14)22-18(23)24-11-12-4-2-1-3-5-12/h1-8,14-15,21H,9-11H2,(H,22,23). The third-order valence-corrected chi connectivity index (χ3v) is 4.53. The van der Waals surface area contributed by atoms with Crippen LogP contribution < -0.4 is 10.6 Å². The predicted octanol–water partition coefficient (Wildman–Crippen LogP) is 4.86. The lowest BCUT2D eigenvalue weighted by Gasteiger charge is -2.36. The molecule has 1 aliphatic carbocycles. The molecule has 0 spiro atoms. The highest BCUT2D eigenvalue weighted by molar-refractivity contribution is 6.35. The molecule has 126 valence electrons. The summed E-state index contributed by atoms with van der Waals surface area (Å²) >= 11 is 12.1. The minimum absolute atomic E-state index is 0.115. The molecule has 1 aliphatic rings. The highest BCUT2D eigenvalue weighted by Gasteiger charge is 2.31. The van der Waals surface area contributed by atoms with Gasteiger partial charge in [0.15, 0.2) is 0 Å². The van der Waals surface area contributed by atoms with Crippen molar-refractivity contribution in [2.24, 2.45) is 0 Å². The number of hydrogen-bond donors (Lipinski definition) is 2. The van der Waals surface area contributed by atoms with Gasteiger partial charge in [-0.3, -0.25) is 0 Å². The summed E-state index contributed by atoms with van der Waals surface area (Å²) in [6.45, 7) is 0.277. The Bertz CT molecular complexity index is 703. The summed E-state index contributed by atoms with van der Waals surface area (Å²) in [5.41, 5.74) is 1.79. The lowest BCUT2D eigenvalue weighted by Crippen LogP contribution is -2.49. The van der Waals surface area contributed by atoms with E-state index in [1.807, 2.05) is 30.3 Å². The van der Waals surface area contributed by atoms with Gasteiger partial charge in [0.25, 0.3) is 0 Å². The molecular weight excluding hydrogens is 347 g/mol. The van der Waals surface area contributed by atoms with Gasteiger partial charge in [-0.2, -0.15) is 0 Å². The van der Waals surface area contributed by atoms with Crippen LogP contribution in [-0.4, -0.2) is 18.2 Å². The number of carbonyl (C=O) groups excluding carboxylic acids is 1. The minimum atomic E-state index is -0.386. The van der Waals surface area contributed by atoms with Gasteiger partial charge in [0.2, 0.25) is 0 Å². The van der Waals surface area contributed by atoms with Crippen LogP contribution in [0.2, 0.25) is 10.0 Å². The molecule has 4 nitrogen and oxygen atoms in total. The summed E-state index contributed by atoms with van der Waals surface area (Å²) in [5.74, 6) is 0. The van der Waals surface area contributed by atoms with E-state index in [1.165, 1.54) is 0 Å². The highest BCUT2D eigenvalue weighted by Crippen LogP contribution is 2.30. The molecule has 1 amide bonds. The number of anilines is 1. The minimum Gasteiger partial charge on any atom is -0.445 e. The summed E-state index contributed by atoms with van der Waals surface area (Å²) in [6.07, 6.45) is 1.26. The lowest BCUT2D eigenvalue weighted by atomic mass is 9.86. The molecule has 2 aromatic carbocycles. The SMILES string of the molecule is O=C(NC1CC(Nc2cc(Cl)ccc2Cl)C1)OCc1ccccc1. The van der Waals surface area contributed by atoms with E-state index in [2.05, 4.69) is 10.6 Å². The first kappa shape index (κ1) is 16.9. The first-order valence-electron chi connectivity index (χ1n) is 7.79. The predicted molar refractivity (Wildman–Crippen MR) is 96.7 cm³/mol. The van der Waals surface area contributed by atoms with Crippen molar-refractivity contribution in [1.29, 1.82) is 0 Å². The van der Waals surface area contributed by atoms with Crippen LogP contribution in [0.1, 0.15) is 18.4 Å². The van der Waals surface area contributed by atoms with Gasteiger partial charge in [0, 0.05) is 17.1 Å². The fourth-order valence-electron chi connectivity index (χ4n) is 2.61. The van der Waals surface area contributed by atoms with Crippen LogP contribution in [0.4, 0.5) is 10.5 Å². The van der Waals surface area contributed by atoms with Crippen molar-refractivity contribution in [3.8, 4) is 0 Å². The van der Waals surface area contributed by atoms with E-state index in [1.54, 1.807) is 18.2 Å². The number of ether oxygens (including phenoxy) is 1. The molecule has 3 rings (SSSR count). The van der Waals surface area contributed by atoms with Crippen molar-refractivity contribution in [1.82, 2.24) is 5.32 Å². The molecule has 0 unspecified atom stereocenters. The molecule has 0 aliphatic heterocycles. The topological polar surface area (TPSA) is 50.4 Å². The maximum atomic E-state index is 11.8. The van der Waals surface area contributed by atoms with Crippen molar-refractivity contribution in [3.63, 3.8) is 0 Å². The number of carbonyl (C=O) groups is 1. The molecule has 2 N–H and O–H groups in total. The first-order chi connectivity index (χ1) is 11.6. The van der Waals surface area contributed by atoms with E-state index in [-0.39, 0.29) is 24.8 Å². The van der Waals surface area contributed by atoms with Crippen molar-refractivity contribution in [3.05, 3.63) is 64.1 Å². The normalized spacial score (nSPS) is 19.2. The van der Waals surface area contributed by atoms with E-state index in [4.69, 9.17) is 27.9 Å². The quantitative estimate of drug-likeness (QED) is 0.795. The average molecular weight is 365 g/mol. The Balaban J connectivity index is 1.39. The van der Waals surface area contributed by atoms with Crippen LogP contribution in [0.3, 0.4) is 0 Å². The van der Waals surface area contributed by atoms with E-state index < -0.39 is 0 Å². The summed E-state index contributed by atoms with van der Waals surface area (Å²) in [5, 5.41) is 7.48. The fraction of sp³-hybridized carbons (Fsp3) is 0.278. The van der Waals surface area contributed by atoms with E-state index in [9.17, 15) is 4.79 Å². The van der Waals surface area contributed by atoms with Crippen LogP contribution >= 0.6 is 23.2 Å². The van der Waals surface area contributed by atoms with Crippen LogP contribution in [0.15, 0.2) is 48.5 Å². The Morgan fingerprint density at radius 2 is 1.83 bits per heavy atom. The first-order valence-corrected chi connectivity index (χ1v) is 8.54. The molecule has 6 heteroatoms. The van der Waals surface area contributed by atoms with Crippen molar-refractivity contribution < 1.29 is 9.53 Å². The Hall–Kier alpha value is -1.91. The third-order valence-electron chi connectivity index (χ3n) is 3.96. The molecule has 0 atom stereocenters. The van der Waals surface area contributed by atoms with Crippen molar-refractivity contribution in [2.75, 3.05) is 5.32 Å². The average Bonchev–Trinajstić information content (AvgIpc) is 2.55. The largest absolute Gasteiger partial charge is 0.445 e. The number of amides is 1. The number of hydrogen-bond acceptors (Lipinski definition) is 3. The lowest BCUT2D eigenvalue weighted by molar-refractivity contribution is 0.129. The van der Waals surface area contributed by atoms with Gasteiger partial charge in [-0.15, -0.1) is 0 Å². The fourth-order valence-corrected chi connectivity index (χ4v) is 2.96. The smallest absolute Gasteiger partial charge is 0.407 e. The zero-order chi connectivity index (χ0) is 16.9. The maximum absolute atomic E-state index is 11.8. The van der Waals surface area contributed by atoms with E-state index >= 15 is 0 Å². The summed E-state index contributed by atoms with van der Waals surface area (Å²) < 4.78 is 5.21. The molecule has 1 saturated carbocycles. The van der Waals surface area contributed by atoms with E-state index in [0.29, 0.717) is 10.0 Å². The maximum Gasteiger partial charge on any atom is 0.407 e. The van der Waals surface area contributed by atoms with Gasteiger partial charge in [-0.25, -0.2) is 4.79 Å². The highest BCUT2D eigenvalue weighted by atomic mass is 35.5. The summed E-state index contributed by atoms with van der Waals surface area (Å²) in [4.78, 5) is 11.8. The summed E-state index contributed by atoms with van der Waals surface area (Å²) in [6, 6.07) is 15.3. The number of benzene rings is 2. The summed E-state index contributed by atoms with van der Waals surface area (Å²) in [7, 11) is 0. The molecule has 0 radical (unpaired) electrons. The number of nitrogens with one attached hydrogen (secondary N) is 2. The molecule has 1 fully saturated rings. The molecule has 0 aromatic heterocycles. The van der Waals surface area contributed by atoms with Gasteiger partial charge in [-0.05, 0) is 36.6 Å². The second-order valence-electron chi connectivity index (χ2n) is 5.84. The molecular formula is C18H18Cl2N2O2. The molecule has 0 heterocycles. The van der Waals surface area contributed by atoms with Crippen LogP contribution in [0.25, 0.3) is 0 Å². The van der Waals surface area contributed by atoms with Gasteiger partial charge < -0.3 is 15.4 Å². The van der Waals surface area contributed by atoms with Crippen LogP contribution in [0.5, 0.6) is 0 Å². The van der Waals surface area contributed by atoms with Gasteiger partial charge in [0.1, 0.15) is 6.61 Å². The Kier molecular flexibility index (Phi) is 5.48. The van der Waals surface area contributed by atoms with Gasteiger partial charge in [0.05, 0.1) is 10.7 Å². The molecule has 0 bridgehead atoms. The van der Waals surface area contributed by atoms with Gasteiger partial charge >= 0.3 is 6.09 Å². The molecule has 2 aromatic rings. The Labute approximate surface area is 151 Å². The Morgan fingerprint density at radius 3 is 2.58 bits per heavy atom. The zero-order valence-electron chi connectivity index (χ0n) is 13.0. The zero-order valence-corrected chi connectivity index (χ0v) is 14.5. The van der Waals surface area contributed by atoms with Crippen molar-refractivity contribution >= 4 is 35.0 Å². The Morgan fingerprint density at radius 1 is 1.08 bits per heavy atom. The molecule has 24 heavy (non-hydrogen) atoms. The second kappa shape index (κ2) is 7.77. The second-order valence-corrected chi connectivity index (χ2v) is 6.68. The third kappa shape index (κ3) is 4.56. The van der Waals surface area contributed by atoms with Gasteiger partial charge in [-0.1, -0.05) is 53.5 Å². The van der Waals surface area contributed by atoms with Crippen LogP contribution in [-0.2, 0) is 11.3 Å². The number of rotatable bonds is 5. The molecule has 0 saturated heterocycles. The monoisotopic (exact) mass is 364 g/mol. The van der Waals surface area contributed by atoms with Crippen LogP contribution in [0, 0.1) is 0 Å².